The topological polar surface area (TPSA) is 0 Å². The minimum absolute atomic E-state index is 0.599. The van der Waals surface area contributed by atoms with Crippen LogP contribution in [0.4, 0.5) is 0 Å². The van der Waals surface area contributed by atoms with Crippen molar-refractivity contribution in [3.8, 4) is 11.1 Å². The molecular formula is C142H94. The Hall–Kier alpha value is -17.4. The molecule has 0 amide bonds. The predicted molar refractivity (Wildman–Crippen MR) is 622 cm³/mol. The van der Waals surface area contributed by atoms with Crippen molar-refractivity contribution in [3.05, 3.63) is 487 Å². The van der Waals surface area contributed by atoms with Crippen molar-refractivity contribution in [1.29, 1.82) is 0 Å². The van der Waals surface area contributed by atoms with Gasteiger partial charge in [0.15, 0.2) is 0 Å². The second-order valence-electron chi connectivity index (χ2n) is 40.4. The third kappa shape index (κ3) is 12.4. The van der Waals surface area contributed by atoms with Crippen molar-refractivity contribution in [2.24, 2.45) is 0 Å². The van der Waals surface area contributed by atoms with Gasteiger partial charge in [0.25, 0.3) is 0 Å². The number of aryl methyl sites for hydroxylation is 6. The minimum atomic E-state index is 0.599. The van der Waals surface area contributed by atoms with Crippen LogP contribution in [0.5, 0.6) is 0 Å². The lowest BCUT2D eigenvalue weighted by Gasteiger charge is -2.18. The van der Waals surface area contributed by atoms with Crippen molar-refractivity contribution in [3.63, 3.8) is 0 Å². The number of rotatable bonds is 0. The van der Waals surface area contributed by atoms with E-state index in [1.807, 2.05) is 0 Å². The first-order valence-corrected chi connectivity index (χ1v) is 50.2. The molecule has 2 aliphatic carbocycles. The number of hydrogen-bond acceptors (Lipinski definition) is 0. The molecule has 32 aromatic carbocycles. The van der Waals surface area contributed by atoms with Gasteiger partial charge >= 0.3 is 0 Å². The van der Waals surface area contributed by atoms with E-state index in [0.29, 0.717) is 5.92 Å². The molecule has 0 aliphatic heterocycles. The summed E-state index contributed by atoms with van der Waals surface area (Å²) in [5, 5.41) is 67.8. The summed E-state index contributed by atoms with van der Waals surface area (Å²) in [5.41, 5.74) is 15.6. The van der Waals surface area contributed by atoms with Crippen LogP contribution in [0.2, 0.25) is 0 Å². The van der Waals surface area contributed by atoms with Gasteiger partial charge in [0, 0.05) is 5.92 Å². The average Bonchev–Trinajstić information content (AvgIpc) is 0.846. The first-order chi connectivity index (χ1) is 69.9. The molecule has 2 aliphatic rings. The minimum Gasteiger partial charge on any atom is -0.0830 e. The van der Waals surface area contributed by atoms with Gasteiger partial charge in [-0.15, -0.1) is 0 Å². The molecule has 662 valence electrons. The SMILES string of the molecule is Cc1c2cc3ccc4ccccc4c3cc2cc2cc3ccc4ccccc4c3cc12.Cc1c2cc3ccccc3cc2c2ccc3cccc4ccc1c2c43.Cc1c2ccccc2c2ccc3cc4ccccc4c4ccc1c2c34.Cc1c2ccccc2c2ccc3cccc4ccc1c2c43.Cc1cc2c3c(c1)-c1ccccc1C3CC=C2.Cc1cc2ccc3ccc4ccc5cccc6c(c1)c2c3c4c56. The molecule has 34 rings (SSSR count). The summed E-state index contributed by atoms with van der Waals surface area (Å²) in [7, 11) is 0. The molecule has 0 N–H and O–H groups in total. The van der Waals surface area contributed by atoms with E-state index in [1.54, 1.807) is 5.56 Å². The van der Waals surface area contributed by atoms with E-state index in [4.69, 9.17) is 0 Å². The quantitative estimate of drug-likeness (QED) is 0.105. The van der Waals surface area contributed by atoms with Crippen LogP contribution in [0, 0.1) is 41.5 Å². The lowest BCUT2D eigenvalue weighted by molar-refractivity contribution is 0.843. The van der Waals surface area contributed by atoms with Crippen LogP contribution in [0.1, 0.15) is 62.4 Å². The molecule has 0 saturated heterocycles. The van der Waals surface area contributed by atoms with Crippen LogP contribution in [-0.4, -0.2) is 0 Å². The maximum atomic E-state index is 2.40. The fourth-order valence-electron chi connectivity index (χ4n) is 26.1. The average molecular weight is 1800 g/mol. The Labute approximate surface area is 821 Å². The third-order valence-corrected chi connectivity index (χ3v) is 32.6. The Kier molecular flexibility index (Phi) is 18.2. The Morgan fingerprint density at radius 3 is 1.09 bits per heavy atom. The largest absolute Gasteiger partial charge is 0.0830 e. The summed E-state index contributed by atoms with van der Waals surface area (Å²) in [5.74, 6) is 0.599. The van der Waals surface area contributed by atoms with E-state index >= 15 is 0 Å². The zero-order valence-corrected chi connectivity index (χ0v) is 79.9. The molecule has 0 saturated carbocycles. The molecule has 0 spiro atoms. The Morgan fingerprint density at radius 1 is 0.155 bits per heavy atom. The lowest BCUT2D eigenvalue weighted by Crippen LogP contribution is -2.01. The highest BCUT2D eigenvalue weighted by Crippen LogP contribution is 2.53. The van der Waals surface area contributed by atoms with E-state index in [-0.39, 0.29) is 0 Å². The molecule has 0 radical (unpaired) electrons. The number of fused-ring (bicyclic) bond motifs is 21. The molecule has 142 heavy (non-hydrogen) atoms. The first kappa shape index (κ1) is 81.7. The molecule has 1 atom stereocenters. The second kappa shape index (κ2) is 31.6. The zero-order valence-electron chi connectivity index (χ0n) is 79.9. The van der Waals surface area contributed by atoms with Gasteiger partial charge in [-0.1, -0.05) is 394 Å². The smallest absolute Gasteiger partial charge is 0.0142 e. The lowest BCUT2D eigenvalue weighted by atomic mass is 9.85. The van der Waals surface area contributed by atoms with E-state index in [2.05, 4.69) is 484 Å². The van der Waals surface area contributed by atoms with Crippen molar-refractivity contribution in [2.45, 2.75) is 53.9 Å². The van der Waals surface area contributed by atoms with Gasteiger partial charge in [0.1, 0.15) is 0 Å². The van der Waals surface area contributed by atoms with Crippen LogP contribution in [0.15, 0.2) is 437 Å². The summed E-state index contributed by atoms with van der Waals surface area (Å²) < 4.78 is 0. The summed E-state index contributed by atoms with van der Waals surface area (Å²) >= 11 is 0. The Bertz CT molecular complexity index is 11000. The molecule has 32 aromatic rings. The molecule has 1 unspecified atom stereocenters. The van der Waals surface area contributed by atoms with E-state index in [9.17, 15) is 0 Å². The monoisotopic (exact) mass is 1800 g/mol. The van der Waals surface area contributed by atoms with Crippen LogP contribution in [0.3, 0.4) is 0 Å². The highest BCUT2D eigenvalue weighted by Gasteiger charge is 2.32. The molecule has 0 heterocycles. The maximum absolute atomic E-state index is 2.40. The van der Waals surface area contributed by atoms with Gasteiger partial charge in [-0.3, -0.25) is 0 Å². The van der Waals surface area contributed by atoms with Gasteiger partial charge in [0.05, 0.1) is 0 Å². The van der Waals surface area contributed by atoms with Gasteiger partial charge in [0.2, 0.25) is 0 Å². The number of hydrogen-bond donors (Lipinski definition) is 0. The standard InChI is InChI=1S/C31H20.2C25H16.C23H14.C21H14.C17H14/c1-19-28-16-23-13-11-20-6-2-4-8-26(20)30(23)17-25(28)15-24-14-22-12-10-21-7-3-5-9-27(21)31(22)18-29(19)24;1-15-18-7-4-5-9-21(18)23-11-10-17-14-16-6-2-3-8-20(16)22-13-12-19(15)25(23)24(17)22;1-15-20-11-9-16-7-4-8-17-10-12-21(25(20)24(16)17)23-14-19-6-3-2-5-18(19)13-22(15)23;1-13-11-17-10-9-16-8-7-15-6-5-14-3-2-4-18-19(12-13)21(17)23(16)22(15)20(14)18;1-13-16-7-2-3-8-18(16)19-12-10-15-6-4-5-14-9-11-17(13)21(19)20(14)15;1-11-9-12-5-4-8-15-13-6-2-3-7-14(13)16(10-11)17(12)15/h2-18H,1H3;2*2-14H,1H3;2-12H,1H3;2-12H,1H3;2-7,9-10,15H,8H2,1H3. The zero-order chi connectivity index (χ0) is 94.1. The summed E-state index contributed by atoms with van der Waals surface area (Å²) in [6.45, 7) is 13.4. The van der Waals surface area contributed by atoms with Gasteiger partial charge < -0.3 is 0 Å². The molecule has 0 nitrogen and oxygen atoms in total. The molecule has 0 heteroatoms. The van der Waals surface area contributed by atoms with Gasteiger partial charge in [-0.05, 0) is 427 Å². The van der Waals surface area contributed by atoms with Crippen molar-refractivity contribution in [1.82, 2.24) is 0 Å². The fraction of sp³-hybridized carbons (Fsp3) is 0.0563. The van der Waals surface area contributed by atoms with Crippen molar-refractivity contribution in [2.75, 3.05) is 0 Å². The summed E-state index contributed by atoms with van der Waals surface area (Å²) in [6, 6.07) is 159. The van der Waals surface area contributed by atoms with Crippen LogP contribution >= 0.6 is 0 Å². The van der Waals surface area contributed by atoms with E-state index in [1.165, 1.54) is 325 Å². The van der Waals surface area contributed by atoms with Gasteiger partial charge in [-0.25, -0.2) is 0 Å². The van der Waals surface area contributed by atoms with Crippen LogP contribution < -0.4 is 0 Å². The predicted octanol–water partition coefficient (Wildman–Crippen LogP) is 40.5. The van der Waals surface area contributed by atoms with Crippen LogP contribution in [-0.2, 0) is 0 Å². The van der Waals surface area contributed by atoms with E-state index in [0.717, 1.165) is 6.42 Å². The molecule has 0 fully saturated rings. The number of benzene rings is 32. The fourth-order valence-corrected chi connectivity index (χ4v) is 26.1. The first-order valence-electron chi connectivity index (χ1n) is 50.2. The highest BCUT2D eigenvalue weighted by atomic mass is 14.4. The maximum Gasteiger partial charge on any atom is 0.0142 e. The van der Waals surface area contributed by atoms with E-state index < -0.39 is 0 Å². The number of allylic oxidation sites excluding steroid dienone is 1. The normalized spacial score (nSPS) is 13.0. The molecular weight excluding hydrogens is 1710 g/mol. The van der Waals surface area contributed by atoms with Crippen molar-refractivity contribution < 1.29 is 0 Å². The third-order valence-electron chi connectivity index (χ3n) is 32.6. The van der Waals surface area contributed by atoms with Crippen LogP contribution in [0.25, 0.3) is 287 Å². The molecule has 0 bridgehead atoms. The Balaban J connectivity index is 0.0000000821. The Morgan fingerprint density at radius 2 is 0.479 bits per heavy atom. The van der Waals surface area contributed by atoms with Gasteiger partial charge in [-0.2, -0.15) is 0 Å². The van der Waals surface area contributed by atoms with Crippen molar-refractivity contribution >= 4 is 275 Å². The highest BCUT2D eigenvalue weighted by molar-refractivity contribution is 6.41. The second-order valence-corrected chi connectivity index (χ2v) is 40.4. The summed E-state index contributed by atoms with van der Waals surface area (Å²) in [4.78, 5) is 0. The molecule has 0 aromatic heterocycles. The summed E-state index contributed by atoms with van der Waals surface area (Å²) in [6.07, 6.45) is 5.76.